The molecule has 0 radical (unpaired) electrons. The minimum atomic E-state index is -0.553. The molecule has 0 aromatic heterocycles. The molecular formula is C13H18O2. The lowest BCUT2D eigenvalue weighted by molar-refractivity contribution is -0.154. The number of carbonyl (C=O) groups excluding carboxylic acids is 1. The molecule has 0 saturated heterocycles. The van der Waals surface area contributed by atoms with Crippen molar-refractivity contribution in [1.82, 2.24) is 0 Å². The molecule has 2 nitrogen and oxygen atoms in total. The summed E-state index contributed by atoms with van der Waals surface area (Å²) in [4.78, 5) is 11.0. The van der Waals surface area contributed by atoms with E-state index < -0.39 is 5.60 Å². The van der Waals surface area contributed by atoms with Gasteiger partial charge in [-0.25, -0.2) is 0 Å². The minimum Gasteiger partial charge on any atom is -0.455 e. The maximum atomic E-state index is 11.0. The van der Waals surface area contributed by atoms with E-state index in [1.165, 1.54) is 18.1 Å². The van der Waals surface area contributed by atoms with Crippen molar-refractivity contribution in [3.05, 3.63) is 34.9 Å². The van der Waals surface area contributed by atoms with Crippen LogP contribution in [0.4, 0.5) is 0 Å². The van der Waals surface area contributed by atoms with Crippen LogP contribution in [0.3, 0.4) is 0 Å². The van der Waals surface area contributed by atoms with Crippen molar-refractivity contribution >= 4 is 5.97 Å². The number of ether oxygens (including phenoxy) is 1. The zero-order valence-corrected chi connectivity index (χ0v) is 10.0. The van der Waals surface area contributed by atoms with Gasteiger partial charge in [-0.15, -0.1) is 0 Å². The summed E-state index contributed by atoms with van der Waals surface area (Å²) in [5.41, 5.74) is 2.86. The van der Waals surface area contributed by atoms with E-state index in [4.69, 9.17) is 4.74 Å². The molecule has 2 heteroatoms. The van der Waals surface area contributed by atoms with Gasteiger partial charge >= 0.3 is 5.97 Å². The van der Waals surface area contributed by atoms with E-state index in [0.717, 1.165) is 5.56 Å². The molecule has 0 fully saturated rings. The third-order valence-corrected chi connectivity index (χ3v) is 2.32. The Hall–Kier alpha value is -1.31. The van der Waals surface area contributed by atoms with E-state index in [0.29, 0.717) is 0 Å². The van der Waals surface area contributed by atoms with Gasteiger partial charge in [0.25, 0.3) is 0 Å². The number of aryl methyl sites for hydroxylation is 2. The number of carbonyl (C=O) groups is 1. The lowest BCUT2D eigenvalue weighted by Gasteiger charge is -2.25. The summed E-state index contributed by atoms with van der Waals surface area (Å²) in [7, 11) is 0. The standard InChI is InChI=1S/C13H18O2/c1-9-6-10(2)8-12(7-9)13(4,5)15-11(3)14/h6-8H,1-5H3. The maximum Gasteiger partial charge on any atom is 0.303 e. The summed E-state index contributed by atoms with van der Waals surface area (Å²) >= 11 is 0. The summed E-state index contributed by atoms with van der Waals surface area (Å²) in [6, 6.07) is 6.21. The van der Waals surface area contributed by atoms with Gasteiger partial charge in [-0.05, 0) is 33.3 Å². The molecule has 0 atom stereocenters. The van der Waals surface area contributed by atoms with Gasteiger partial charge in [0.2, 0.25) is 0 Å². The molecule has 82 valence electrons. The Kier molecular flexibility index (Phi) is 3.18. The van der Waals surface area contributed by atoms with Gasteiger partial charge in [-0.2, -0.15) is 0 Å². The van der Waals surface area contributed by atoms with Gasteiger partial charge < -0.3 is 4.74 Å². The monoisotopic (exact) mass is 206 g/mol. The highest BCUT2D eigenvalue weighted by atomic mass is 16.6. The number of esters is 1. The zero-order chi connectivity index (χ0) is 11.6. The second kappa shape index (κ2) is 4.05. The van der Waals surface area contributed by atoms with Crippen LogP contribution in [-0.2, 0) is 15.1 Å². The second-order valence-corrected chi connectivity index (χ2v) is 4.48. The maximum absolute atomic E-state index is 11.0. The van der Waals surface area contributed by atoms with Crippen LogP contribution in [0.25, 0.3) is 0 Å². The molecule has 0 aliphatic heterocycles. The lowest BCUT2D eigenvalue weighted by Crippen LogP contribution is -2.24. The van der Waals surface area contributed by atoms with Crippen LogP contribution in [0.2, 0.25) is 0 Å². The van der Waals surface area contributed by atoms with Crippen molar-refractivity contribution in [1.29, 1.82) is 0 Å². The van der Waals surface area contributed by atoms with Crippen LogP contribution in [0.15, 0.2) is 18.2 Å². The number of hydrogen-bond acceptors (Lipinski definition) is 2. The van der Waals surface area contributed by atoms with E-state index in [1.807, 2.05) is 27.7 Å². The molecule has 0 N–H and O–H groups in total. The Bertz CT molecular complexity index is 358. The normalized spacial score (nSPS) is 11.3. The van der Waals surface area contributed by atoms with Gasteiger partial charge in [0.1, 0.15) is 5.60 Å². The summed E-state index contributed by atoms with van der Waals surface area (Å²) in [5, 5.41) is 0. The summed E-state index contributed by atoms with van der Waals surface area (Å²) < 4.78 is 5.29. The lowest BCUT2D eigenvalue weighted by atomic mass is 9.94. The van der Waals surface area contributed by atoms with Crippen molar-refractivity contribution in [2.45, 2.75) is 40.2 Å². The van der Waals surface area contributed by atoms with Gasteiger partial charge in [0.15, 0.2) is 0 Å². The van der Waals surface area contributed by atoms with E-state index in [2.05, 4.69) is 18.2 Å². The predicted octanol–water partition coefficient (Wildman–Crippen LogP) is 3.10. The molecule has 0 aliphatic rings. The summed E-state index contributed by atoms with van der Waals surface area (Å²) in [6.45, 7) is 9.33. The van der Waals surface area contributed by atoms with E-state index >= 15 is 0 Å². The van der Waals surface area contributed by atoms with Crippen LogP contribution in [0.1, 0.15) is 37.5 Å². The van der Waals surface area contributed by atoms with Gasteiger partial charge in [0, 0.05) is 6.92 Å². The fourth-order valence-electron chi connectivity index (χ4n) is 1.74. The molecule has 0 unspecified atom stereocenters. The third kappa shape index (κ3) is 3.08. The van der Waals surface area contributed by atoms with E-state index in [9.17, 15) is 4.79 Å². The van der Waals surface area contributed by atoms with Crippen molar-refractivity contribution in [2.75, 3.05) is 0 Å². The first kappa shape index (κ1) is 11.8. The first-order valence-corrected chi connectivity index (χ1v) is 5.09. The van der Waals surface area contributed by atoms with Crippen LogP contribution >= 0.6 is 0 Å². The first-order valence-electron chi connectivity index (χ1n) is 5.09. The van der Waals surface area contributed by atoms with E-state index in [-0.39, 0.29) is 5.97 Å². The van der Waals surface area contributed by atoms with Gasteiger partial charge in [0.05, 0.1) is 0 Å². The Labute approximate surface area is 91.3 Å². The van der Waals surface area contributed by atoms with Crippen LogP contribution in [-0.4, -0.2) is 5.97 Å². The first-order chi connectivity index (χ1) is 6.81. The Morgan fingerprint density at radius 3 is 2.00 bits per heavy atom. The average Bonchev–Trinajstić information content (AvgIpc) is 1.99. The molecule has 0 aliphatic carbocycles. The summed E-state index contributed by atoms with van der Waals surface area (Å²) in [5.74, 6) is -0.251. The average molecular weight is 206 g/mol. The summed E-state index contributed by atoms with van der Waals surface area (Å²) in [6.07, 6.45) is 0. The quantitative estimate of drug-likeness (QED) is 0.695. The number of benzene rings is 1. The Balaban J connectivity index is 3.08. The van der Waals surface area contributed by atoms with Gasteiger partial charge in [-0.1, -0.05) is 29.3 Å². The third-order valence-electron chi connectivity index (χ3n) is 2.32. The molecule has 0 heterocycles. The second-order valence-electron chi connectivity index (χ2n) is 4.48. The molecule has 15 heavy (non-hydrogen) atoms. The molecule has 0 amide bonds. The molecule has 1 aromatic carbocycles. The van der Waals surface area contributed by atoms with Crippen LogP contribution in [0, 0.1) is 13.8 Å². The largest absolute Gasteiger partial charge is 0.455 e. The molecular weight excluding hydrogens is 188 g/mol. The highest BCUT2D eigenvalue weighted by Gasteiger charge is 2.24. The highest BCUT2D eigenvalue weighted by molar-refractivity contribution is 5.66. The molecule has 1 rings (SSSR count). The minimum absolute atomic E-state index is 0.251. The Morgan fingerprint density at radius 1 is 1.13 bits per heavy atom. The van der Waals surface area contributed by atoms with Crippen LogP contribution < -0.4 is 0 Å². The Morgan fingerprint density at radius 2 is 1.60 bits per heavy atom. The fraction of sp³-hybridized carbons (Fsp3) is 0.462. The van der Waals surface area contributed by atoms with Crippen molar-refractivity contribution in [3.8, 4) is 0 Å². The predicted molar refractivity (Wildman–Crippen MR) is 60.7 cm³/mol. The SMILES string of the molecule is CC(=O)OC(C)(C)c1cc(C)cc(C)c1. The molecule has 0 bridgehead atoms. The molecule has 1 aromatic rings. The fourth-order valence-corrected chi connectivity index (χ4v) is 1.74. The topological polar surface area (TPSA) is 26.3 Å². The van der Waals surface area contributed by atoms with Crippen LogP contribution in [0.5, 0.6) is 0 Å². The smallest absolute Gasteiger partial charge is 0.303 e. The van der Waals surface area contributed by atoms with E-state index in [1.54, 1.807) is 0 Å². The molecule has 0 saturated carbocycles. The highest BCUT2D eigenvalue weighted by Crippen LogP contribution is 2.26. The molecule has 0 spiro atoms. The zero-order valence-electron chi connectivity index (χ0n) is 10.0. The number of rotatable bonds is 2. The van der Waals surface area contributed by atoms with Gasteiger partial charge in [-0.3, -0.25) is 4.79 Å². The number of hydrogen-bond donors (Lipinski definition) is 0. The van der Waals surface area contributed by atoms with Crippen molar-refractivity contribution in [2.24, 2.45) is 0 Å². The van der Waals surface area contributed by atoms with Crippen molar-refractivity contribution in [3.63, 3.8) is 0 Å². The van der Waals surface area contributed by atoms with Crippen molar-refractivity contribution < 1.29 is 9.53 Å².